The lowest BCUT2D eigenvalue weighted by molar-refractivity contribution is -0.137. The SMILES string of the molecule is CCCCCCC(CCCC)C(=O)N(CCO)CCO. The van der Waals surface area contributed by atoms with Crippen LogP contribution in [0.15, 0.2) is 0 Å². The van der Waals surface area contributed by atoms with Crippen molar-refractivity contribution in [3.63, 3.8) is 0 Å². The summed E-state index contributed by atoms with van der Waals surface area (Å²) in [5.41, 5.74) is 0. The lowest BCUT2D eigenvalue weighted by Crippen LogP contribution is -2.40. The van der Waals surface area contributed by atoms with E-state index in [0.717, 1.165) is 32.1 Å². The fourth-order valence-corrected chi connectivity index (χ4v) is 2.49. The monoisotopic (exact) mass is 287 g/mol. The van der Waals surface area contributed by atoms with Crippen LogP contribution in [0.2, 0.25) is 0 Å². The first-order valence-corrected chi connectivity index (χ1v) is 8.21. The van der Waals surface area contributed by atoms with Crippen LogP contribution in [-0.2, 0) is 4.79 Å². The maximum Gasteiger partial charge on any atom is 0.225 e. The topological polar surface area (TPSA) is 60.8 Å². The molecule has 0 radical (unpaired) electrons. The van der Waals surface area contributed by atoms with E-state index >= 15 is 0 Å². The predicted molar refractivity (Wildman–Crippen MR) is 82.5 cm³/mol. The number of amides is 1. The van der Waals surface area contributed by atoms with E-state index in [1.165, 1.54) is 19.3 Å². The third kappa shape index (κ3) is 8.54. The molecule has 0 aliphatic rings. The molecule has 0 aromatic rings. The molecule has 0 aromatic heterocycles. The molecule has 1 unspecified atom stereocenters. The molecule has 0 saturated heterocycles. The van der Waals surface area contributed by atoms with E-state index in [-0.39, 0.29) is 25.0 Å². The van der Waals surface area contributed by atoms with Gasteiger partial charge >= 0.3 is 0 Å². The summed E-state index contributed by atoms with van der Waals surface area (Å²) >= 11 is 0. The number of aliphatic hydroxyl groups is 2. The van der Waals surface area contributed by atoms with Crippen LogP contribution in [0.3, 0.4) is 0 Å². The summed E-state index contributed by atoms with van der Waals surface area (Å²) in [4.78, 5) is 14.1. The Labute approximate surface area is 124 Å². The number of aliphatic hydroxyl groups excluding tert-OH is 2. The summed E-state index contributed by atoms with van der Waals surface area (Å²) in [6, 6.07) is 0. The number of hydrogen-bond acceptors (Lipinski definition) is 3. The first-order chi connectivity index (χ1) is 9.71. The van der Waals surface area contributed by atoms with Crippen molar-refractivity contribution in [3.8, 4) is 0 Å². The van der Waals surface area contributed by atoms with Crippen LogP contribution in [0.4, 0.5) is 0 Å². The normalized spacial score (nSPS) is 12.4. The Morgan fingerprint density at radius 1 is 0.900 bits per heavy atom. The van der Waals surface area contributed by atoms with E-state index in [2.05, 4.69) is 13.8 Å². The second-order valence-electron chi connectivity index (χ2n) is 5.46. The molecule has 0 saturated carbocycles. The van der Waals surface area contributed by atoms with E-state index in [1.54, 1.807) is 4.90 Å². The third-order valence-electron chi connectivity index (χ3n) is 3.71. The maximum absolute atomic E-state index is 12.5. The van der Waals surface area contributed by atoms with Crippen LogP contribution < -0.4 is 0 Å². The average Bonchev–Trinajstić information content (AvgIpc) is 2.45. The first kappa shape index (κ1) is 19.4. The summed E-state index contributed by atoms with van der Waals surface area (Å²) < 4.78 is 0. The minimum atomic E-state index is -0.0396. The van der Waals surface area contributed by atoms with Crippen LogP contribution in [-0.4, -0.2) is 47.3 Å². The van der Waals surface area contributed by atoms with Crippen molar-refractivity contribution in [2.75, 3.05) is 26.3 Å². The molecule has 1 atom stereocenters. The van der Waals surface area contributed by atoms with Crippen molar-refractivity contribution in [1.29, 1.82) is 0 Å². The molecule has 0 rings (SSSR count). The van der Waals surface area contributed by atoms with Gasteiger partial charge in [0.1, 0.15) is 0 Å². The number of carbonyl (C=O) groups excluding carboxylic acids is 1. The lowest BCUT2D eigenvalue weighted by atomic mass is 9.93. The van der Waals surface area contributed by atoms with Gasteiger partial charge in [-0.05, 0) is 12.8 Å². The molecule has 20 heavy (non-hydrogen) atoms. The molecular formula is C16H33NO3. The highest BCUT2D eigenvalue weighted by molar-refractivity contribution is 5.78. The molecule has 0 aromatic carbocycles. The number of nitrogens with zero attached hydrogens (tertiary/aromatic N) is 1. The summed E-state index contributed by atoms with van der Waals surface area (Å²) in [6.07, 6.45) is 8.74. The molecule has 120 valence electrons. The summed E-state index contributed by atoms with van der Waals surface area (Å²) in [6.45, 7) is 4.90. The van der Waals surface area contributed by atoms with Gasteiger partial charge in [-0.15, -0.1) is 0 Å². The van der Waals surface area contributed by atoms with Crippen molar-refractivity contribution >= 4 is 5.91 Å². The first-order valence-electron chi connectivity index (χ1n) is 8.21. The number of unbranched alkanes of at least 4 members (excludes halogenated alkanes) is 4. The van der Waals surface area contributed by atoms with E-state index in [4.69, 9.17) is 10.2 Å². The molecule has 0 heterocycles. The Morgan fingerprint density at radius 2 is 1.45 bits per heavy atom. The zero-order valence-corrected chi connectivity index (χ0v) is 13.3. The van der Waals surface area contributed by atoms with Crippen molar-refractivity contribution < 1.29 is 15.0 Å². The van der Waals surface area contributed by atoms with Gasteiger partial charge in [-0.25, -0.2) is 0 Å². The minimum absolute atomic E-state index is 0.0396. The van der Waals surface area contributed by atoms with Gasteiger partial charge in [-0.3, -0.25) is 4.79 Å². The molecular weight excluding hydrogens is 254 g/mol. The molecule has 0 spiro atoms. The van der Waals surface area contributed by atoms with Gasteiger partial charge in [0.15, 0.2) is 0 Å². The number of carbonyl (C=O) groups is 1. The van der Waals surface area contributed by atoms with Gasteiger partial charge in [0.2, 0.25) is 5.91 Å². The maximum atomic E-state index is 12.5. The highest BCUT2D eigenvalue weighted by atomic mass is 16.3. The van der Waals surface area contributed by atoms with Crippen LogP contribution >= 0.6 is 0 Å². The number of rotatable bonds is 13. The van der Waals surface area contributed by atoms with Crippen molar-refractivity contribution in [2.24, 2.45) is 5.92 Å². The van der Waals surface area contributed by atoms with E-state index in [9.17, 15) is 4.79 Å². The van der Waals surface area contributed by atoms with Gasteiger partial charge in [0, 0.05) is 19.0 Å². The van der Waals surface area contributed by atoms with E-state index in [1.807, 2.05) is 0 Å². The van der Waals surface area contributed by atoms with Gasteiger partial charge < -0.3 is 15.1 Å². The molecule has 0 bridgehead atoms. The zero-order chi connectivity index (χ0) is 15.2. The van der Waals surface area contributed by atoms with Gasteiger partial charge in [0.05, 0.1) is 13.2 Å². The Hall–Kier alpha value is -0.610. The van der Waals surface area contributed by atoms with Crippen LogP contribution in [0.5, 0.6) is 0 Å². The summed E-state index contributed by atoms with van der Waals surface area (Å²) in [5.74, 6) is 0.169. The summed E-state index contributed by atoms with van der Waals surface area (Å²) in [7, 11) is 0. The molecule has 4 heteroatoms. The molecule has 1 amide bonds. The van der Waals surface area contributed by atoms with Gasteiger partial charge in [0.25, 0.3) is 0 Å². The van der Waals surface area contributed by atoms with Crippen molar-refractivity contribution in [3.05, 3.63) is 0 Å². The van der Waals surface area contributed by atoms with Crippen LogP contribution in [0.25, 0.3) is 0 Å². The fourth-order valence-electron chi connectivity index (χ4n) is 2.49. The quantitative estimate of drug-likeness (QED) is 0.512. The van der Waals surface area contributed by atoms with Crippen molar-refractivity contribution in [2.45, 2.75) is 65.2 Å². The Bertz CT molecular complexity index is 228. The second-order valence-corrected chi connectivity index (χ2v) is 5.46. The Balaban J connectivity index is 4.41. The molecule has 0 aliphatic heterocycles. The summed E-state index contributed by atoms with van der Waals surface area (Å²) in [5, 5.41) is 18.1. The molecule has 0 aliphatic carbocycles. The second kappa shape index (κ2) is 13.4. The smallest absolute Gasteiger partial charge is 0.225 e. The average molecular weight is 287 g/mol. The van der Waals surface area contributed by atoms with E-state index in [0.29, 0.717) is 13.1 Å². The third-order valence-corrected chi connectivity index (χ3v) is 3.71. The lowest BCUT2D eigenvalue weighted by Gasteiger charge is -2.26. The Morgan fingerprint density at radius 3 is 1.95 bits per heavy atom. The number of hydrogen-bond donors (Lipinski definition) is 2. The van der Waals surface area contributed by atoms with Crippen molar-refractivity contribution in [1.82, 2.24) is 4.90 Å². The minimum Gasteiger partial charge on any atom is -0.395 e. The largest absolute Gasteiger partial charge is 0.395 e. The Kier molecular flexibility index (Phi) is 13.0. The molecule has 2 N–H and O–H groups in total. The highest BCUT2D eigenvalue weighted by Crippen LogP contribution is 2.20. The fraction of sp³-hybridized carbons (Fsp3) is 0.938. The zero-order valence-electron chi connectivity index (χ0n) is 13.3. The molecule has 4 nitrogen and oxygen atoms in total. The van der Waals surface area contributed by atoms with Crippen LogP contribution in [0, 0.1) is 5.92 Å². The van der Waals surface area contributed by atoms with Crippen LogP contribution in [0.1, 0.15) is 65.2 Å². The molecule has 0 fully saturated rings. The van der Waals surface area contributed by atoms with Gasteiger partial charge in [-0.2, -0.15) is 0 Å². The van der Waals surface area contributed by atoms with E-state index < -0.39 is 0 Å². The highest BCUT2D eigenvalue weighted by Gasteiger charge is 2.22. The standard InChI is InChI=1S/C16H33NO3/c1-3-5-7-8-10-15(9-6-4-2)16(20)17(11-13-18)12-14-19/h15,18-19H,3-14H2,1-2H3. The predicted octanol–water partition coefficient (Wildman–Crippen LogP) is 2.58. The van der Waals surface area contributed by atoms with Gasteiger partial charge in [-0.1, -0.05) is 52.4 Å².